The van der Waals surface area contributed by atoms with Crippen molar-refractivity contribution in [2.75, 3.05) is 13.6 Å². The quantitative estimate of drug-likeness (QED) is 0.832. The van der Waals surface area contributed by atoms with E-state index in [2.05, 4.69) is 5.32 Å². The summed E-state index contributed by atoms with van der Waals surface area (Å²) in [5.74, 6) is -0.257. The molecule has 0 aliphatic heterocycles. The van der Waals surface area contributed by atoms with Crippen LogP contribution in [0.4, 0.5) is 0 Å². The molecule has 1 aromatic heterocycles. The van der Waals surface area contributed by atoms with E-state index < -0.39 is 10.0 Å². The molecular weight excluding hydrogens is 332 g/mol. The Morgan fingerprint density at radius 2 is 1.91 bits per heavy atom. The Bertz CT molecular complexity index is 738. The molecule has 0 saturated carbocycles. The van der Waals surface area contributed by atoms with Crippen LogP contribution >= 0.6 is 11.3 Å². The van der Waals surface area contributed by atoms with Crippen LogP contribution in [-0.2, 0) is 22.3 Å². The fourth-order valence-electron chi connectivity index (χ4n) is 2.18. The topological polar surface area (TPSA) is 66.5 Å². The van der Waals surface area contributed by atoms with Crippen LogP contribution in [0, 0.1) is 0 Å². The predicted octanol–water partition coefficient (Wildman–Crippen LogP) is 2.46. The molecule has 0 bridgehead atoms. The average molecular weight is 352 g/mol. The molecule has 0 saturated heterocycles. The first-order chi connectivity index (χ1) is 11.0. The Labute approximate surface area is 141 Å². The molecule has 0 aliphatic rings. The van der Waals surface area contributed by atoms with Crippen molar-refractivity contribution < 1.29 is 13.2 Å². The molecule has 0 unspecified atom stereocenters. The van der Waals surface area contributed by atoms with E-state index in [0.717, 1.165) is 4.88 Å². The second-order valence-corrected chi connectivity index (χ2v) is 8.04. The highest BCUT2D eigenvalue weighted by Crippen LogP contribution is 2.17. The van der Waals surface area contributed by atoms with Gasteiger partial charge in [0.25, 0.3) is 5.91 Å². The van der Waals surface area contributed by atoms with E-state index in [-0.39, 0.29) is 11.7 Å². The van der Waals surface area contributed by atoms with Gasteiger partial charge in [0.05, 0.1) is 5.75 Å². The van der Waals surface area contributed by atoms with Gasteiger partial charge in [0.1, 0.15) is 0 Å². The molecule has 2 aromatic rings. The molecule has 7 heteroatoms. The number of benzene rings is 1. The van der Waals surface area contributed by atoms with Gasteiger partial charge >= 0.3 is 0 Å². The van der Waals surface area contributed by atoms with Gasteiger partial charge in [-0.05, 0) is 29.1 Å². The number of amides is 1. The SMILES string of the molecule is CCN(Cc1cccs1)S(=O)(=O)Cc1ccc(C(=O)NC)cc1. The zero-order chi connectivity index (χ0) is 16.9. The maximum absolute atomic E-state index is 12.6. The van der Waals surface area contributed by atoms with E-state index in [1.807, 2.05) is 24.4 Å². The Morgan fingerprint density at radius 3 is 2.43 bits per heavy atom. The van der Waals surface area contributed by atoms with Crippen molar-refractivity contribution in [3.05, 3.63) is 57.8 Å². The normalized spacial score (nSPS) is 11.6. The molecule has 0 spiro atoms. The first-order valence-electron chi connectivity index (χ1n) is 7.27. The maximum Gasteiger partial charge on any atom is 0.251 e. The van der Waals surface area contributed by atoms with E-state index >= 15 is 0 Å². The van der Waals surface area contributed by atoms with Crippen LogP contribution in [0.1, 0.15) is 27.7 Å². The van der Waals surface area contributed by atoms with Gasteiger partial charge in [0, 0.05) is 30.6 Å². The average Bonchev–Trinajstić information content (AvgIpc) is 3.05. The number of rotatable bonds is 7. The number of nitrogens with one attached hydrogen (secondary N) is 1. The molecule has 1 amide bonds. The maximum atomic E-state index is 12.6. The molecule has 1 aromatic carbocycles. The summed E-state index contributed by atoms with van der Waals surface area (Å²) in [6, 6.07) is 10.5. The lowest BCUT2D eigenvalue weighted by Crippen LogP contribution is -2.31. The summed E-state index contributed by atoms with van der Waals surface area (Å²) in [6.07, 6.45) is 0. The minimum Gasteiger partial charge on any atom is -0.355 e. The van der Waals surface area contributed by atoms with Crippen LogP contribution in [0.15, 0.2) is 41.8 Å². The van der Waals surface area contributed by atoms with Crippen molar-refractivity contribution in [3.63, 3.8) is 0 Å². The van der Waals surface area contributed by atoms with Crippen molar-refractivity contribution in [3.8, 4) is 0 Å². The van der Waals surface area contributed by atoms with Gasteiger partial charge in [-0.3, -0.25) is 4.79 Å². The van der Waals surface area contributed by atoms with Crippen LogP contribution in [0.5, 0.6) is 0 Å². The molecule has 1 N–H and O–H groups in total. The Kier molecular flexibility index (Phi) is 5.92. The molecule has 1 heterocycles. The van der Waals surface area contributed by atoms with Crippen molar-refractivity contribution >= 4 is 27.3 Å². The second-order valence-electron chi connectivity index (χ2n) is 5.04. The molecule has 5 nitrogen and oxygen atoms in total. The van der Waals surface area contributed by atoms with Crippen molar-refractivity contribution in [2.24, 2.45) is 0 Å². The first kappa shape index (κ1) is 17.7. The van der Waals surface area contributed by atoms with Crippen LogP contribution in [0.2, 0.25) is 0 Å². The summed E-state index contributed by atoms with van der Waals surface area (Å²) < 4.78 is 26.6. The fourth-order valence-corrected chi connectivity index (χ4v) is 4.51. The van der Waals surface area contributed by atoms with Gasteiger partial charge in [0.2, 0.25) is 10.0 Å². The summed E-state index contributed by atoms with van der Waals surface area (Å²) in [5, 5.41) is 4.47. The van der Waals surface area contributed by atoms with Crippen LogP contribution < -0.4 is 5.32 Å². The zero-order valence-corrected chi connectivity index (χ0v) is 14.8. The Balaban J connectivity index is 2.11. The van der Waals surface area contributed by atoms with Gasteiger partial charge in [-0.15, -0.1) is 11.3 Å². The Hall–Kier alpha value is -1.70. The Morgan fingerprint density at radius 1 is 1.22 bits per heavy atom. The summed E-state index contributed by atoms with van der Waals surface area (Å²) in [4.78, 5) is 12.5. The van der Waals surface area contributed by atoms with E-state index in [9.17, 15) is 13.2 Å². The van der Waals surface area contributed by atoms with Crippen molar-refractivity contribution in [1.82, 2.24) is 9.62 Å². The molecule has 0 atom stereocenters. The number of carbonyl (C=O) groups is 1. The lowest BCUT2D eigenvalue weighted by Gasteiger charge is -2.20. The number of thiophene rings is 1. The van der Waals surface area contributed by atoms with E-state index in [0.29, 0.717) is 24.2 Å². The third kappa shape index (κ3) is 4.63. The standard InChI is InChI=1S/C16H20N2O3S2/c1-3-18(11-15-5-4-10-22-15)23(20,21)12-13-6-8-14(9-7-13)16(19)17-2/h4-10H,3,11-12H2,1-2H3,(H,17,19). The van der Waals surface area contributed by atoms with Crippen LogP contribution in [0.3, 0.4) is 0 Å². The third-order valence-electron chi connectivity index (χ3n) is 3.45. The zero-order valence-electron chi connectivity index (χ0n) is 13.2. The van der Waals surface area contributed by atoms with Gasteiger partial charge in [-0.1, -0.05) is 25.1 Å². The molecule has 2 rings (SSSR count). The summed E-state index contributed by atoms with van der Waals surface area (Å²) in [5.41, 5.74) is 1.18. The predicted molar refractivity (Wildman–Crippen MR) is 92.9 cm³/mol. The minimum atomic E-state index is -3.40. The highest BCUT2D eigenvalue weighted by Gasteiger charge is 2.21. The molecule has 0 fully saturated rings. The number of hydrogen-bond donors (Lipinski definition) is 1. The fraction of sp³-hybridized carbons (Fsp3) is 0.312. The summed E-state index contributed by atoms with van der Waals surface area (Å²) in [6.45, 7) is 2.66. The van der Waals surface area contributed by atoms with Gasteiger partial charge in [-0.25, -0.2) is 8.42 Å². The summed E-state index contributed by atoms with van der Waals surface area (Å²) >= 11 is 1.55. The number of sulfonamides is 1. The largest absolute Gasteiger partial charge is 0.355 e. The number of nitrogens with zero attached hydrogens (tertiary/aromatic N) is 1. The van der Waals surface area contributed by atoms with Crippen molar-refractivity contribution in [1.29, 1.82) is 0 Å². The lowest BCUT2D eigenvalue weighted by molar-refractivity contribution is 0.0963. The third-order valence-corrected chi connectivity index (χ3v) is 6.18. The van der Waals surface area contributed by atoms with Gasteiger partial charge in [0.15, 0.2) is 0 Å². The smallest absolute Gasteiger partial charge is 0.251 e. The minimum absolute atomic E-state index is 0.0692. The van der Waals surface area contributed by atoms with Crippen molar-refractivity contribution in [2.45, 2.75) is 19.2 Å². The summed E-state index contributed by atoms with van der Waals surface area (Å²) in [7, 11) is -1.84. The van der Waals surface area contributed by atoms with Gasteiger partial charge in [-0.2, -0.15) is 4.31 Å². The molecule has 0 aliphatic carbocycles. The lowest BCUT2D eigenvalue weighted by atomic mass is 10.1. The van der Waals surface area contributed by atoms with E-state index in [1.54, 1.807) is 42.6 Å². The number of carbonyl (C=O) groups excluding carboxylic acids is 1. The molecular formula is C16H20N2O3S2. The van der Waals surface area contributed by atoms with E-state index in [1.165, 1.54) is 4.31 Å². The number of hydrogen-bond acceptors (Lipinski definition) is 4. The van der Waals surface area contributed by atoms with Crippen LogP contribution in [-0.4, -0.2) is 32.2 Å². The first-order valence-corrected chi connectivity index (χ1v) is 9.76. The molecule has 0 radical (unpaired) electrons. The monoisotopic (exact) mass is 352 g/mol. The molecule has 23 heavy (non-hydrogen) atoms. The highest BCUT2D eigenvalue weighted by atomic mass is 32.2. The van der Waals surface area contributed by atoms with Crippen LogP contribution in [0.25, 0.3) is 0 Å². The van der Waals surface area contributed by atoms with Gasteiger partial charge < -0.3 is 5.32 Å². The second kappa shape index (κ2) is 7.72. The highest BCUT2D eigenvalue weighted by molar-refractivity contribution is 7.88. The molecule has 124 valence electrons. The van der Waals surface area contributed by atoms with E-state index in [4.69, 9.17) is 0 Å².